The molecule has 140 valence electrons. The molecule has 0 atom stereocenters. The summed E-state index contributed by atoms with van der Waals surface area (Å²) in [7, 11) is 0. The fraction of sp³-hybridized carbons (Fsp3) is 0.389. The first-order valence-electron chi connectivity index (χ1n) is 8.14. The van der Waals surface area contributed by atoms with Crippen LogP contribution in [0.15, 0.2) is 30.6 Å². The van der Waals surface area contributed by atoms with Crippen molar-refractivity contribution in [3.05, 3.63) is 41.2 Å². The van der Waals surface area contributed by atoms with Crippen LogP contribution in [-0.4, -0.2) is 39.1 Å². The highest BCUT2D eigenvalue weighted by Gasteiger charge is 2.15. The van der Waals surface area contributed by atoms with Crippen LogP contribution in [0.25, 0.3) is 11.1 Å². The highest BCUT2D eigenvalue weighted by atomic mass is 35.5. The molecule has 0 aliphatic heterocycles. The van der Waals surface area contributed by atoms with Crippen molar-refractivity contribution < 1.29 is 19.4 Å². The minimum absolute atomic E-state index is 0.0713. The molecule has 0 fully saturated rings. The molecule has 1 aromatic carbocycles. The Morgan fingerprint density at radius 2 is 2.08 bits per heavy atom. The molecule has 1 heterocycles. The molecule has 7 nitrogen and oxygen atoms in total. The van der Waals surface area contributed by atoms with Crippen molar-refractivity contribution in [3.8, 4) is 11.1 Å². The maximum absolute atomic E-state index is 11.6. The molecular weight excluding hydrogens is 358 g/mol. The molecule has 0 saturated heterocycles. The van der Waals surface area contributed by atoms with Crippen molar-refractivity contribution in [3.63, 3.8) is 0 Å². The molecule has 0 aliphatic carbocycles. The zero-order chi connectivity index (χ0) is 19.3. The van der Waals surface area contributed by atoms with E-state index in [4.69, 9.17) is 21.4 Å². The molecule has 0 saturated carbocycles. The molecule has 0 aliphatic rings. The Hall–Kier alpha value is -2.54. The Labute approximate surface area is 156 Å². The van der Waals surface area contributed by atoms with Crippen LogP contribution in [-0.2, 0) is 22.5 Å². The Morgan fingerprint density at radius 1 is 1.35 bits per heavy atom. The van der Waals surface area contributed by atoms with Gasteiger partial charge in [-0.25, -0.2) is 4.79 Å². The number of carboxylic acid groups (broad SMARTS) is 1. The van der Waals surface area contributed by atoms with Gasteiger partial charge in [0.15, 0.2) is 0 Å². The van der Waals surface area contributed by atoms with Crippen molar-refractivity contribution in [1.82, 2.24) is 15.1 Å². The minimum atomic E-state index is -0.901. The van der Waals surface area contributed by atoms with Crippen LogP contribution in [0, 0.1) is 0 Å². The van der Waals surface area contributed by atoms with Gasteiger partial charge >= 0.3 is 12.1 Å². The number of hydrogen-bond acceptors (Lipinski definition) is 4. The van der Waals surface area contributed by atoms with E-state index in [1.165, 1.54) is 0 Å². The molecule has 8 heteroatoms. The first-order chi connectivity index (χ1) is 12.1. The van der Waals surface area contributed by atoms with E-state index in [9.17, 15) is 9.59 Å². The van der Waals surface area contributed by atoms with Gasteiger partial charge in [-0.15, -0.1) is 0 Å². The second-order valence-corrected chi connectivity index (χ2v) is 7.21. The lowest BCUT2D eigenvalue weighted by Crippen LogP contribution is -2.34. The van der Waals surface area contributed by atoms with Gasteiger partial charge in [0.05, 0.1) is 19.2 Å². The molecule has 0 radical (unpaired) electrons. The number of halogens is 1. The summed E-state index contributed by atoms with van der Waals surface area (Å²) in [5.74, 6) is -0.901. The number of rotatable bonds is 6. The average Bonchev–Trinajstić information content (AvgIpc) is 2.95. The zero-order valence-electron chi connectivity index (χ0n) is 15.0. The van der Waals surface area contributed by atoms with E-state index in [1.54, 1.807) is 56.0 Å². The van der Waals surface area contributed by atoms with Crippen LogP contribution in [0.1, 0.15) is 26.3 Å². The van der Waals surface area contributed by atoms with Gasteiger partial charge < -0.3 is 15.2 Å². The van der Waals surface area contributed by atoms with E-state index in [1.807, 2.05) is 0 Å². The minimum Gasteiger partial charge on any atom is -0.481 e. The predicted molar refractivity (Wildman–Crippen MR) is 98.2 cm³/mol. The third-order valence-electron chi connectivity index (χ3n) is 3.34. The second kappa shape index (κ2) is 8.23. The number of nitrogens with zero attached hydrogens (tertiary/aromatic N) is 2. The van der Waals surface area contributed by atoms with Gasteiger partial charge in [-0.1, -0.05) is 17.7 Å². The number of hydrogen-bond donors (Lipinski definition) is 2. The zero-order valence-corrected chi connectivity index (χ0v) is 15.7. The maximum atomic E-state index is 11.6. The monoisotopic (exact) mass is 379 g/mol. The topological polar surface area (TPSA) is 93.5 Å². The molecule has 2 aromatic rings. The molecule has 2 rings (SSSR count). The van der Waals surface area contributed by atoms with Gasteiger partial charge in [0.1, 0.15) is 5.60 Å². The largest absolute Gasteiger partial charge is 0.481 e. The molecular formula is C18H22ClN3O4. The van der Waals surface area contributed by atoms with Crippen molar-refractivity contribution in [2.75, 3.05) is 6.54 Å². The summed E-state index contributed by atoms with van der Waals surface area (Å²) >= 11 is 6.23. The van der Waals surface area contributed by atoms with Crippen LogP contribution < -0.4 is 5.32 Å². The Morgan fingerprint density at radius 3 is 2.73 bits per heavy atom. The van der Waals surface area contributed by atoms with Gasteiger partial charge in [0.25, 0.3) is 0 Å². The van der Waals surface area contributed by atoms with Crippen LogP contribution in [0.5, 0.6) is 0 Å². The highest BCUT2D eigenvalue weighted by molar-refractivity contribution is 6.33. The van der Waals surface area contributed by atoms with Gasteiger partial charge in [0, 0.05) is 28.9 Å². The molecule has 0 unspecified atom stereocenters. The molecule has 1 amide bonds. The third kappa shape index (κ3) is 6.07. The SMILES string of the molecule is CC(C)(C)OC(=O)NCCn1cc(-c2cc(CC(=O)O)ccc2Cl)cn1. The number of carboxylic acids is 1. The number of carbonyl (C=O) groups excluding carboxylic acids is 1. The van der Waals surface area contributed by atoms with Crippen molar-refractivity contribution in [2.24, 2.45) is 0 Å². The number of aliphatic carboxylic acids is 1. The molecule has 0 bridgehead atoms. The lowest BCUT2D eigenvalue weighted by Gasteiger charge is -2.19. The van der Waals surface area contributed by atoms with Gasteiger partial charge in [-0.3, -0.25) is 9.48 Å². The van der Waals surface area contributed by atoms with Crippen molar-refractivity contribution in [1.29, 1.82) is 0 Å². The number of nitrogens with one attached hydrogen (secondary N) is 1. The summed E-state index contributed by atoms with van der Waals surface area (Å²) < 4.78 is 6.84. The molecule has 1 aromatic heterocycles. The van der Waals surface area contributed by atoms with Gasteiger partial charge in [0.2, 0.25) is 0 Å². The first-order valence-corrected chi connectivity index (χ1v) is 8.52. The number of benzene rings is 1. The van der Waals surface area contributed by atoms with E-state index in [2.05, 4.69) is 10.4 Å². The highest BCUT2D eigenvalue weighted by Crippen LogP contribution is 2.28. The van der Waals surface area contributed by atoms with Gasteiger partial charge in [-0.2, -0.15) is 5.10 Å². The fourth-order valence-electron chi connectivity index (χ4n) is 2.29. The summed E-state index contributed by atoms with van der Waals surface area (Å²) in [6.45, 7) is 6.23. The fourth-order valence-corrected chi connectivity index (χ4v) is 2.52. The lowest BCUT2D eigenvalue weighted by atomic mass is 10.0. The van der Waals surface area contributed by atoms with Crippen LogP contribution >= 0.6 is 11.6 Å². The Balaban J connectivity index is 1.99. The quantitative estimate of drug-likeness (QED) is 0.802. The lowest BCUT2D eigenvalue weighted by molar-refractivity contribution is -0.136. The van der Waals surface area contributed by atoms with E-state index in [0.717, 1.165) is 11.1 Å². The number of ether oxygens (including phenoxy) is 1. The third-order valence-corrected chi connectivity index (χ3v) is 3.67. The van der Waals surface area contributed by atoms with Crippen molar-refractivity contribution in [2.45, 2.75) is 39.3 Å². The summed E-state index contributed by atoms with van der Waals surface area (Å²) in [6, 6.07) is 5.11. The molecule has 2 N–H and O–H groups in total. The molecule has 0 spiro atoms. The average molecular weight is 380 g/mol. The van der Waals surface area contributed by atoms with Crippen molar-refractivity contribution >= 4 is 23.7 Å². The predicted octanol–water partition coefficient (Wildman–Crippen LogP) is 3.36. The van der Waals surface area contributed by atoms with Crippen LogP contribution in [0.3, 0.4) is 0 Å². The number of aromatic nitrogens is 2. The summed E-state index contributed by atoms with van der Waals surface area (Å²) in [4.78, 5) is 22.5. The second-order valence-electron chi connectivity index (χ2n) is 6.81. The smallest absolute Gasteiger partial charge is 0.407 e. The summed E-state index contributed by atoms with van der Waals surface area (Å²) in [5, 5.41) is 16.3. The summed E-state index contributed by atoms with van der Waals surface area (Å²) in [5.41, 5.74) is 1.62. The first kappa shape index (κ1) is 19.8. The van der Waals surface area contributed by atoms with E-state index in [0.29, 0.717) is 23.7 Å². The number of alkyl carbamates (subject to hydrolysis) is 1. The standard InChI is InChI=1S/C18H22ClN3O4/c1-18(2,3)26-17(25)20-6-7-22-11-13(10-21-22)14-8-12(9-16(23)24)4-5-15(14)19/h4-5,8,10-11H,6-7,9H2,1-3H3,(H,20,25)(H,23,24). The summed E-state index contributed by atoms with van der Waals surface area (Å²) in [6.07, 6.45) is 2.90. The molecule has 26 heavy (non-hydrogen) atoms. The van der Waals surface area contributed by atoms with E-state index < -0.39 is 17.7 Å². The van der Waals surface area contributed by atoms with Gasteiger partial charge in [-0.05, 0) is 38.5 Å². The van der Waals surface area contributed by atoms with E-state index in [-0.39, 0.29) is 6.42 Å². The van der Waals surface area contributed by atoms with Crippen LogP contribution in [0.2, 0.25) is 5.02 Å². The van der Waals surface area contributed by atoms with E-state index >= 15 is 0 Å². The van der Waals surface area contributed by atoms with Crippen LogP contribution in [0.4, 0.5) is 4.79 Å². The normalized spacial score (nSPS) is 11.2. The maximum Gasteiger partial charge on any atom is 0.407 e. The Kier molecular flexibility index (Phi) is 6.26. The Bertz CT molecular complexity index is 796. The number of carbonyl (C=O) groups is 2. The number of amides is 1.